The van der Waals surface area contributed by atoms with Crippen molar-refractivity contribution in [2.45, 2.75) is 28.5 Å². The lowest BCUT2D eigenvalue weighted by Crippen LogP contribution is -2.60. The van der Waals surface area contributed by atoms with Gasteiger partial charge in [-0.05, 0) is 41.7 Å². The fraction of sp³-hybridized carbons (Fsp3) is 0.290. The molecule has 3 N–H and O–H groups in total. The van der Waals surface area contributed by atoms with Crippen LogP contribution in [0.5, 0.6) is 5.75 Å². The Bertz CT molecular complexity index is 1840. The highest BCUT2D eigenvalue weighted by atomic mass is 79.9. The number of carbonyl (C=O) groups excluding carboxylic acids is 4. The molecule has 3 aromatic carbocycles. The van der Waals surface area contributed by atoms with Gasteiger partial charge >= 0.3 is 7.12 Å². The SMILES string of the molecule is O=C1C2CC=C3C(CC4(Cl)C(=O)N(CBr)C(=O)C4(Cl)C3c3ccc4ccccc4c3O)C2C(=O)N1c1cccc(B(O)O)c1. The Morgan fingerprint density at radius 2 is 1.68 bits per heavy atom. The summed E-state index contributed by atoms with van der Waals surface area (Å²) in [7, 11) is -1.80. The van der Waals surface area contributed by atoms with Gasteiger partial charge in [0.2, 0.25) is 11.8 Å². The van der Waals surface area contributed by atoms with Crippen LogP contribution in [0.2, 0.25) is 0 Å². The Balaban J connectivity index is 1.41. The molecule has 0 bridgehead atoms. The van der Waals surface area contributed by atoms with Gasteiger partial charge in [0.15, 0.2) is 9.75 Å². The Morgan fingerprint density at radius 3 is 2.41 bits per heavy atom. The van der Waals surface area contributed by atoms with Gasteiger partial charge in [-0.15, -0.1) is 23.2 Å². The number of halogens is 3. The van der Waals surface area contributed by atoms with Crippen molar-refractivity contribution in [3.8, 4) is 5.75 Å². The van der Waals surface area contributed by atoms with E-state index in [0.29, 0.717) is 11.0 Å². The molecule has 9 nitrogen and oxygen atoms in total. The fourth-order valence-corrected chi connectivity index (χ4v) is 9.10. The van der Waals surface area contributed by atoms with Crippen molar-refractivity contribution in [3.63, 3.8) is 0 Å². The molecule has 2 heterocycles. The van der Waals surface area contributed by atoms with Gasteiger partial charge in [-0.2, -0.15) is 0 Å². The van der Waals surface area contributed by atoms with Crippen LogP contribution in [-0.4, -0.2) is 66.0 Å². The first kappa shape index (κ1) is 29.5. The van der Waals surface area contributed by atoms with E-state index in [1.807, 2.05) is 12.1 Å². The topological polar surface area (TPSA) is 135 Å². The third kappa shape index (κ3) is 3.73. The van der Waals surface area contributed by atoms with Gasteiger partial charge in [-0.25, -0.2) is 0 Å². The third-order valence-electron chi connectivity index (χ3n) is 9.68. The van der Waals surface area contributed by atoms with E-state index in [2.05, 4.69) is 15.9 Å². The van der Waals surface area contributed by atoms with Crippen molar-refractivity contribution in [3.05, 3.63) is 77.9 Å². The lowest BCUT2D eigenvalue weighted by Gasteiger charge is -2.50. The molecule has 6 unspecified atom stereocenters. The summed E-state index contributed by atoms with van der Waals surface area (Å²) in [5.74, 6) is -6.15. The maximum atomic E-state index is 14.2. The minimum Gasteiger partial charge on any atom is -0.507 e. The smallest absolute Gasteiger partial charge is 0.488 e. The van der Waals surface area contributed by atoms with Crippen LogP contribution in [0.15, 0.2) is 72.3 Å². The first-order valence-corrected chi connectivity index (χ1v) is 15.9. The van der Waals surface area contributed by atoms with Crippen LogP contribution >= 0.6 is 39.1 Å². The minimum absolute atomic E-state index is 0.109. The molecule has 2 aliphatic carbocycles. The molecule has 7 rings (SSSR count). The molecule has 0 spiro atoms. The number of carbonyl (C=O) groups is 4. The van der Waals surface area contributed by atoms with Crippen molar-refractivity contribution < 1.29 is 34.3 Å². The standard InChI is InChI=1S/C31H24BBrCl2N2O7/c33-14-36-28(41)30(34)13-22-19(24(31(30,35)29(36)42)21-9-8-15-4-1-2-7-18(15)25(21)38)10-11-20-23(22)27(40)37(26(20)39)17-6-3-5-16(12-17)32(43)44/h1-10,12,20,22-24,38,43-44H,11,13-14H2. The normalized spacial score (nSPS) is 31.2. The molecule has 1 saturated carbocycles. The summed E-state index contributed by atoms with van der Waals surface area (Å²) in [6, 6.07) is 16.5. The van der Waals surface area contributed by atoms with Crippen molar-refractivity contribution in [1.82, 2.24) is 4.90 Å². The monoisotopic (exact) mass is 696 g/mol. The number of phenols is 1. The Hall–Kier alpha value is -3.22. The van der Waals surface area contributed by atoms with Gasteiger partial charge in [0.25, 0.3) is 11.8 Å². The van der Waals surface area contributed by atoms with Crippen LogP contribution in [0, 0.1) is 17.8 Å². The predicted octanol–water partition coefficient (Wildman–Crippen LogP) is 3.14. The zero-order chi connectivity index (χ0) is 31.3. The molecule has 6 atom stereocenters. The number of alkyl halides is 3. The maximum Gasteiger partial charge on any atom is 0.488 e. The number of fused-ring (bicyclic) bond motifs is 5. The maximum absolute atomic E-state index is 14.2. The van der Waals surface area contributed by atoms with Gasteiger partial charge in [-0.1, -0.05) is 76.1 Å². The highest BCUT2D eigenvalue weighted by molar-refractivity contribution is 9.09. The summed E-state index contributed by atoms with van der Waals surface area (Å²) in [6.45, 7) is 0. The van der Waals surface area contributed by atoms with Gasteiger partial charge in [0, 0.05) is 16.9 Å². The molecule has 0 radical (unpaired) electrons. The van der Waals surface area contributed by atoms with Crippen LogP contribution in [0.4, 0.5) is 5.69 Å². The van der Waals surface area contributed by atoms with E-state index in [-0.39, 0.29) is 40.8 Å². The number of hydrogen-bond donors (Lipinski definition) is 3. The number of hydrogen-bond acceptors (Lipinski definition) is 7. The summed E-state index contributed by atoms with van der Waals surface area (Å²) >= 11 is 17.8. The second-order valence-corrected chi connectivity index (χ2v) is 13.4. The fourth-order valence-electron chi connectivity index (χ4n) is 7.68. The molecular formula is C31H24BBrCl2N2O7. The average Bonchev–Trinajstić information content (AvgIpc) is 3.35. The van der Waals surface area contributed by atoms with E-state index < -0.39 is 64.2 Å². The van der Waals surface area contributed by atoms with Crippen molar-refractivity contribution in [1.29, 1.82) is 0 Å². The van der Waals surface area contributed by atoms with Crippen LogP contribution in [0.25, 0.3) is 10.8 Å². The molecule has 2 saturated heterocycles. The second kappa shape index (κ2) is 10.2. The summed E-state index contributed by atoms with van der Waals surface area (Å²) in [6.07, 6.45) is 1.76. The Morgan fingerprint density at radius 1 is 0.932 bits per heavy atom. The second-order valence-electron chi connectivity index (χ2n) is 11.7. The highest BCUT2D eigenvalue weighted by Crippen LogP contribution is 2.66. The number of allylic oxidation sites excluding steroid dienone is 2. The Labute approximate surface area is 270 Å². The highest BCUT2D eigenvalue weighted by Gasteiger charge is 2.76. The van der Waals surface area contributed by atoms with E-state index in [9.17, 15) is 34.3 Å². The van der Waals surface area contributed by atoms with Gasteiger partial charge < -0.3 is 15.2 Å². The number of aromatic hydroxyl groups is 1. The van der Waals surface area contributed by atoms with Crippen LogP contribution in [-0.2, 0) is 19.2 Å². The zero-order valence-corrected chi connectivity index (χ0v) is 26.0. The first-order chi connectivity index (χ1) is 21.0. The molecule has 224 valence electrons. The summed E-state index contributed by atoms with van der Waals surface area (Å²) < 4.78 is 0. The average molecular weight is 698 g/mol. The first-order valence-electron chi connectivity index (χ1n) is 14.0. The van der Waals surface area contributed by atoms with Crippen LogP contribution in [0.1, 0.15) is 24.3 Å². The molecule has 4 amide bonds. The van der Waals surface area contributed by atoms with Gasteiger partial charge in [0.05, 0.1) is 23.0 Å². The predicted molar refractivity (Wildman–Crippen MR) is 168 cm³/mol. The van der Waals surface area contributed by atoms with E-state index in [1.165, 1.54) is 24.3 Å². The van der Waals surface area contributed by atoms with Crippen LogP contribution in [0.3, 0.4) is 0 Å². The summed E-state index contributed by atoms with van der Waals surface area (Å²) in [4.78, 5) is 53.7. The lowest BCUT2D eigenvalue weighted by molar-refractivity contribution is -0.138. The van der Waals surface area contributed by atoms with Crippen molar-refractivity contribution in [2.24, 2.45) is 17.8 Å². The Kier molecular flexibility index (Phi) is 6.80. The molecule has 3 aromatic rings. The molecule has 2 aliphatic heterocycles. The van der Waals surface area contributed by atoms with E-state index in [0.717, 1.165) is 15.2 Å². The number of nitrogens with zero attached hydrogens (tertiary/aromatic N) is 2. The molecule has 13 heteroatoms. The number of imide groups is 2. The van der Waals surface area contributed by atoms with Gasteiger partial charge in [0.1, 0.15) is 5.75 Å². The van der Waals surface area contributed by atoms with Gasteiger partial charge in [-0.3, -0.25) is 29.0 Å². The van der Waals surface area contributed by atoms with E-state index >= 15 is 0 Å². The van der Waals surface area contributed by atoms with Crippen molar-refractivity contribution >= 4 is 91.8 Å². The number of phenolic OH excluding ortho intramolecular Hbond substituents is 1. The molecule has 4 aliphatic rings. The molecular weight excluding hydrogens is 674 g/mol. The summed E-state index contributed by atoms with van der Waals surface area (Å²) in [5, 5.41) is 32.2. The summed E-state index contributed by atoms with van der Waals surface area (Å²) in [5.41, 5.74) is 0.985. The molecule has 3 fully saturated rings. The number of amides is 4. The number of anilines is 1. The lowest BCUT2D eigenvalue weighted by atomic mass is 9.56. The molecule has 0 aromatic heterocycles. The number of benzene rings is 3. The van der Waals surface area contributed by atoms with E-state index in [4.69, 9.17) is 23.2 Å². The third-order valence-corrected chi connectivity index (χ3v) is 11.6. The van der Waals surface area contributed by atoms with Crippen LogP contribution < -0.4 is 10.4 Å². The minimum atomic E-state index is -2.04. The number of likely N-dealkylation sites (tertiary alicyclic amines) is 1. The van der Waals surface area contributed by atoms with E-state index in [1.54, 1.807) is 30.3 Å². The molecule has 44 heavy (non-hydrogen) atoms. The quantitative estimate of drug-likeness (QED) is 0.125. The number of rotatable bonds is 4. The largest absolute Gasteiger partial charge is 0.507 e. The zero-order valence-electron chi connectivity index (χ0n) is 22.9. The van der Waals surface area contributed by atoms with Crippen molar-refractivity contribution in [2.75, 3.05) is 10.4 Å².